The van der Waals surface area contributed by atoms with Gasteiger partial charge < -0.3 is 5.32 Å². The Kier molecular flexibility index (Phi) is 5.24. The van der Waals surface area contributed by atoms with E-state index >= 15 is 0 Å². The Bertz CT molecular complexity index is 581. The molecular formula is C18H21N5. The molecule has 0 saturated carbocycles. The average molecular weight is 307 g/mol. The zero-order valence-electron chi connectivity index (χ0n) is 13.0. The highest BCUT2D eigenvalue weighted by molar-refractivity contribution is 5.64. The summed E-state index contributed by atoms with van der Waals surface area (Å²) in [6.07, 6.45) is 3.74. The molecule has 118 valence electrons. The second-order valence-electron chi connectivity index (χ2n) is 5.23. The zero-order valence-corrected chi connectivity index (χ0v) is 13.0. The van der Waals surface area contributed by atoms with Crippen LogP contribution in [0, 0.1) is 0 Å². The van der Waals surface area contributed by atoms with E-state index in [4.69, 9.17) is 0 Å². The molecule has 0 bridgehead atoms. The fourth-order valence-electron chi connectivity index (χ4n) is 2.34. The number of nitrogens with zero attached hydrogens (tertiary/aromatic N) is 4. The van der Waals surface area contributed by atoms with Crippen molar-refractivity contribution in [2.24, 2.45) is 9.98 Å². The predicted molar refractivity (Wildman–Crippen MR) is 96.3 cm³/mol. The van der Waals surface area contributed by atoms with Crippen LogP contribution in [-0.4, -0.2) is 48.9 Å². The van der Waals surface area contributed by atoms with E-state index in [1.54, 1.807) is 0 Å². The standard InChI is InChI=1S/C12H11N.C6H10N4/c1-3-7-11(8-4-1)13-12-9-5-2-6-10-12;1-3-9(5-7-1)10-4-2-8-6-10/h1-10,13H;5-6H,1-4H2. The van der Waals surface area contributed by atoms with Crippen molar-refractivity contribution in [1.29, 1.82) is 0 Å². The van der Waals surface area contributed by atoms with E-state index in [1.165, 1.54) is 0 Å². The number of hydrogen-bond donors (Lipinski definition) is 1. The van der Waals surface area contributed by atoms with Crippen LogP contribution in [0.2, 0.25) is 0 Å². The number of benzene rings is 2. The van der Waals surface area contributed by atoms with Crippen LogP contribution in [0.15, 0.2) is 70.6 Å². The van der Waals surface area contributed by atoms with Gasteiger partial charge in [-0.25, -0.2) is 0 Å². The molecule has 5 nitrogen and oxygen atoms in total. The van der Waals surface area contributed by atoms with Gasteiger partial charge in [0.25, 0.3) is 0 Å². The summed E-state index contributed by atoms with van der Waals surface area (Å²) < 4.78 is 0. The number of anilines is 2. The van der Waals surface area contributed by atoms with Gasteiger partial charge in [-0.15, -0.1) is 0 Å². The van der Waals surface area contributed by atoms with E-state index < -0.39 is 0 Å². The quantitative estimate of drug-likeness (QED) is 0.948. The van der Waals surface area contributed by atoms with Crippen LogP contribution in [0.1, 0.15) is 0 Å². The lowest BCUT2D eigenvalue weighted by atomic mass is 10.3. The Morgan fingerprint density at radius 1 is 0.652 bits per heavy atom. The van der Waals surface area contributed by atoms with Gasteiger partial charge in [0.2, 0.25) is 0 Å². The molecule has 0 radical (unpaired) electrons. The third-order valence-corrected chi connectivity index (χ3v) is 3.51. The lowest BCUT2D eigenvalue weighted by Crippen LogP contribution is -2.38. The maximum Gasteiger partial charge on any atom is 0.104 e. The van der Waals surface area contributed by atoms with Gasteiger partial charge in [-0.05, 0) is 24.3 Å². The summed E-state index contributed by atoms with van der Waals surface area (Å²) in [4.78, 5) is 8.21. The topological polar surface area (TPSA) is 43.2 Å². The van der Waals surface area contributed by atoms with Crippen molar-refractivity contribution in [3.63, 3.8) is 0 Å². The molecule has 23 heavy (non-hydrogen) atoms. The lowest BCUT2D eigenvalue weighted by molar-refractivity contribution is 0.176. The van der Waals surface area contributed by atoms with Gasteiger partial charge in [0, 0.05) is 11.4 Å². The van der Waals surface area contributed by atoms with Crippen molar-refractivity contribution < 1.29 is 0 Å². The second-order valence-corrected chi connectivity index (χ2v) is 5.23. The highest BCUT2D eigenvalue weighted by Gasteiger charge is 2.14. The molecule has 2 aromatic rings. The highest BCUT2D eigenvalue weighted by Crippen LogP contribution is 2.14. The van der Waals surface area contributed by atoms with E-state index in [2.05, 4.69) is 25.3 Å². The number of nitrogens with one attached hydrogen (secondary N) is 1. The summed E-state index contributed by atoms with van der Waals surface area (Å²) in [6, 6.07) is 20.3. The van der Waals surface area contributed by atoms with Crippen LogP contribution < -0.4 is 5.32 Å². The smallest absolute Gasteiger partial charge is 0.104 e. The Hall–Kier alpha value is -2.82. The summed E-state index contributed by atoms with van der Waals surface area (Å²) in [5.41, 5.74) is 2.24. The fourth-order valence-corrected chi connectivity index (χ4v) is 2.34. The molecule has 2 aliphatic rings. The van der Waals surface area contributed by atoms with E-state index in [9.17, 15) is 0 Å². The maximum atomic E-state index is 4.11. The summed E-state index contributed by atoms with van der Waals surface area (Å²) in [6.45, 7) is 3.85. The summed E-state index contributed by atoms with van der Waals surface area (Å²) in [5, 5.41) is 7.49. The summed E-state index contributed by atoms with van der Waals surface area (Å²) in [7, 11) is 0. The molecule has 2 aromatic carbocycles. The Labute approximate surface area is 137 Å². The molecule has 1 N–H and O–H groups in total. The molecule has 0 amide bonds. The van der Waals surface area contributed by atoms with Crippen LogP contribution in [0.25, 0.3) is 0 Å². The zero-order chi connectivity index (χ0) is 15.7. The van der Waals surface area contributed by atoms with E-state index in [-0.39, 0.29) is 0 Å². The van der Waals surface area contributed by atoms with Gasteiger partial charge in [-0.3, -0.25) is 20.0 Å². The van der Waals surface area contributed by atoms with Gasteiger partial charge in [0.1, 0.15) is 12.7 Å². The molecular weight excluding hydrogens is 286 g/mol. The van der Waals surface area contributed by atoms with Crippen molar-refractivity contribution in [2.75, 3.05) is 31.5 Å². The van der Waals surface area contributed by atoms with Gasteiger partial charge in [-0.2, -0.15) is 0 Å². The third kappa shape index (κ3) is 4.57. The minimum atomic E-state index is 0.921. The molecule has 0 unspecified atom stereocenters. The largest absolute Gasteiger partial charge is 0.356 e. The molecule has 0 spiro atoms. The average Bonchev–Trinajstić information content (AvgIpc) is 3.31. The minimum Gasteiger partial charge on any atom is -0.356 e. The molecule has 0 atom stereocenters. The normalized spacial score (nSPS) is 15.5. The van der Waals surface area contributed by atoms with Crippen molar-refractivity contribution in [3.05, 3.63) is 60.7 Å². The minimum absolute atomic E-state index is 0.921. The van der Waals surface area contributed by atoms with Crippen molar-refractivity contribution in [2.45, 2.75) is 0 Å². The maximum absolute atomic E-state index is 4.11. The summed E-state index contributed by atoms with van der Waals surface area (Å²) in [5.74, 6) is 0. The molecule has 2 heterocycles. The predicted octanol–water partition coefficient (Wildman–Crippen LogP) is 3.02. The Morgan fingerprint density at radius 2 is 1.09 bits per heavy atom. The molecule has 4 rings (SSSR count). The number of para-hydroxylation sites is 2. The van der Waals surface area contributed by atoms with Crippen LogP contribution in [0.3, 0.4) is 0 Å². The highest BCUT2D eigenvalue weighted by atomic mass is 15.6. The number of hydrogen-bond acceptors (Lipinski definition) is 5. The monoisotopic (exact) mass is 307 g/mol. The van der Waals surface area contributed by atoms with Crippen LogP contribution in [0.5, 0.6) is 0 Å². The molecule has 0 aromatic heterocycles. The first kappa shape index (κ1) is 15.1. The number of rotatable bonds is 3. The van der Waals surface area contributed by atoms with E-state index in [0.717, 1.165) is 37.6 Å². The van der Waals surface area contributed by atoms with Crippen LogP contribution in [-0.2, 0) is 0 Å². The van der Waals surface area contributed by atoms with Gasteiger partial charge in [-0.1, -0.05) is 36.4 Å². The second kappa shape index (κ2) is 7.98. The molecule has 2 aliphatic heterocycles. The molecule has 0 saturated heterocycles. The van der Waals surface area contributed by atoms with Gasteiger partial charge in [0.15, 0.2) is 0 Å². The van der Waals surface area contributed by atoms with Gasteiger partial charge >= 0.3 is 0 Å². The Morgan fingerprint density at radius 3 is 1.43 bits per heavy atom. The fraction of sp³-hybridized carbons (Fsp3) is 0.222. The van der Waals surface area contributed by atoms with Gasteiger partial charge in [0.05, 0.1) is 26.2 Å². The van der Waals surface area contributed by atoms with Crippen LogP contribution >= 0.6 is 0 Å². The molecule has 5 heteroatoms. The SMILES string of the molecule is C1=NCCN1N1C=NCC1.c1ccc(Nc2ccccc2)cc1. The first-order valence-electron chi connectivity index (χ1n) is 7.82. The van der Waals surface area contributed by atoms with Crippen LogP contribution in [0.4, 0.5) is 11.4 Å². The lowest BCUT2D eigenvalue weighted by Gasteiger charge is -2.24. The first-order valence-corrected chi connectivity index (χ1v) is 7.82. The summed E-state index contributed by atoms with van der Waals surface area (Å²) >= 11 is 0. The number of aliphatic imine (C=N–C) groups is 2. The van der Waals surface area contributed by atoms with Crippen molar-refractivity contribution in [3.8, 4) is 0 Å². The number of hydrazine groups is 1. The first-order chi connectivity index (χ1) is 11.4. The van der Waals surface area contributed by atoms with Crippen molar-refractivity contribution in [1.82, 2.24) is 10.0 Å². The Balaban J connectivity index is 0.000000140. The molecule has 0 fully saturated rings. The molecule has 0 aliphatic carbocycles. The third-order valence-electron chi connectivity index (χ3n) is 3.51. The van der Waals surface area contributed by atoms with Crippen molar-refractivity contribution >= 4 is 24.1 Å². The van der Waals surface area contributed by atoms with E-state index in [1.807, 2.05) is 73.3 Å². The van der Waals surface area contributed by atoms with E-state index in [0.29, 0.717) is 0 Å².